The largest absolute Gasteiger partial charge is 1.00 e. The number of hydrogen-bond donors (Lipinski definition) is 0. The second-order valence-corrected chi connectivity index (χ2v) is 66.5. The molecule has 4 aliphatic carbocycles. The zero-order chi connectivity index (χ0) is 30.4. The van der Waals surface area contributed by atoms with E-state index in [0.717, 1.165) is 23.7 Å². The molecule has 0 saturated heterocycles. The van der Waals surface area contributed by atoms with Crippen LogP contribution in [0.25, 0.3) is 0 Å². The summed E-state index contributed by atoms with van der Waals surface area (Å²) in [5.41, 5.74) is 12.9. The first-order chi connectivity index (χ1) is 18.5. The van der Waals surface area contributed by atoms with Crippen molar-refractivity contribution in [2.24, 2.45) is 23.7 Å². The number of allylic oxidation sites excluding steroid dienone is 16. The van der Waals surface area contributed by atoms with Crippen molar-refractivity contribution in [1.29, 1.82) is 0 Å². The van der Waals surface area contributed by atoms with E-state index >= 15 is 0 Å². The van der Waals surface area contributed by atoms with E-state index in [0.29, 0.717) is 0 Å². The van der Waals surface area contributed by atoms with Gasteiger partial charge in [0.25, 0.3) is 0 Å². The van der Waals surface area contributed by atoms with Crippen molar-refractivity contribution in [2.45, 2.75) is 109 Å². The molecule has 0 fully saturated rings. The van der Waals surface area contributed by atoms with Gasteiger partial charge in [0.2, 0.25) is 0 Å². The SMILES string of the molecule is CC1=CC(C)[C]([Hf+]([C]2=C(C)C(C)=CC2C)[SiH](C)C)=C1C.CC1=CC(C)[C]([Hf+]([C]2=C(C)C(C)=CC2C)[SiH](C)C)=C1C.[Cl-].[Cl-]. The van der Waals surface area contributed by atoms with Crippen molar-refractivity contribution in [3.63, 3.8) is 0 Å². The van der Waals surface area contributed by atoms with Gasteiger partial charge in [-0.05, 0) is 0 Å². The third kappa shape index (κ3) is 8.14. The minimum absolute atomic E-state index is 0. The summed E-state index contributed by atoms with van der Waals surface area (Å²) >= 11 is -3.63. The minimum atomic E-state index is -1.81. The number of rotatable bonds is 6. The molecule has 0 amide bonds. The van der Waals surface area contributed by atoms with E-state index in [1.807, 2.05) is 13.3 Å². The Kier molecular flexibility index (Phi) is 16.0. The summed E-state index contributed by atoms with van der Waals surface area (Å²) < 4.78 is 7.77. The van der Waals surface area contributed by atoms with Crippen LogP contribution in [0.15, 0.2) is 82.2 Å². The van der Waals surface area contributed by atoms with Crippen LogP contribution in [0.2, 0.25) is 26.2 Å². The van der Waals surface area contributed by atoms with Gasteiger partial charge in [0.05, 0.1) is 0 Å². The molecule has 0 bridgehead atoms. The van der Waals surface area contributed by atoms with Gasteiger partial charge >= 0.3 is 268 Å². The average Bonchev–Trinajstić information content (AvgIpc) is 3.44. The molecule has 0 saturated carbocycles. The van der Waals surface area contributed by atoms with Crippen LogP contribution < -0.4 is 24.8 Å². The molecular formula is C36H58Cl2Hf2Si2. The van der Waals surface area contributed by atoms with E-state index in [9.17, 15) is 0 Å². The molecule has 0 spiro atoms. The first-order valence-electron chi connectivity index (χ1n) is 15.8. The maximum absolute atomic E-state index is 2.61. The second-order valence-electron chi connectivity index (χ2n) is 13.8. The fourth-order valence-electron chi connectivity index (χ4n) is 7.87. The Morgan fingerprint density at radius 1 is 0.405 bits per heavy atom. The summed E-state index contributed by atoms with van der Waals surface area (Å²) in [7, 11) is 0. The van der Waals surface area contributed by atoms with Crippen LogP contribution in [0.1, 0.15) is 83.1 Å². The van der Waals surface area contributed by atoms with Gasteiger partial charge in [-0.1, -0.05) is 0 Å². The standard InChI is InChI=1S/4C8H11.2C2H7Si.2ClH.2Hf/c4*1-6-4-7(2)8(3)5-6;2*1-3-2;;;;/h4*4,6H,1-3H3;2*3H,1-2H3;2*1H;;/q;;;;;;;;2*+1/p-2. The Balaban J connectivity index is 0.000000401. The van der Waals surface area contributed by atoms with Gasteiger partial charge in [-0.25, -0.2) is 0 Å². The number of halogens is 2. The molecule has 0 nitrogen and oxygen atoms in total. The molecule has 0 radical (unpaired) electrons. The van der Waals surface area contributed by atoms with E-state index in [1.54, 1.807) is 44.6 Å². The molecular weight excluding hydrogens is 916 g/mol. The van der Waals surface area contributed by atoms with E-state index in [1.165, 1.54) is 0 Å². The Morgan fingerprint density at radius 2 is 0.571 bits per heavy atom. The van der Waals surface area contributed by atoms with Crippen molar-refractivity contribution < 1.29 is 66.0 Å². The molecule has 4 aliphatic rings. The minimum Gasteiger partial charge on any atom is -1.00 e. The van der Waals surface area contributed by atoms with Crippen LogP contribution in [-0.2, 0) is 41.2 Å². The molecule has 42 heavy (non-hydrogen) atoms. The Bertz CT molecular complexity index is 1110. The summed E-state index contributed by atoms with van der Waals surface area (Å²) in [4.78, 5) is 0. The second kappa shape index (κ2) is 16.5. The first-order valence-corrected chi connectivity index (χ1v) is 41.2. The van der Waals surface area contributed by atoms with Crippen LogP contribution in [-0.4, -0.2) is 12.0 Å². The van der Waals surface area contributed by atoms with Gasteiger partial charge < -0.3 is 24.8 Å². The monoisotopic (exact) mass is 976 g/mol. The Hall–Kier alpha value is 0.674. The normalized spacial score (nSPS) is 25.4. The third-order valence-corrected chi connectivity index (χ3v) is 67.8. The van der Waals surface area contributed by atoms with Crippen LogP contribution >= 0.6 is 0 Å². The van der Waals surface area contributed by atoms with Gasteiger partial charge in [-0.3, -0.25) is 0 Å². The molecule has 232 valence electrons. The van der Waals surface area contributed by atoms with Crippen LogP contribution in [0, 0.1) is 23.7 Å². The Morgan fingerprint density at radius 3 is 0.667 bits per heavy atom. The molecule has 0 N–H and O–H groups in total. The average molecular weight is 975 g/mol. The molecule has 0 aromatic heterocycles. The molecule has 6 heteroatoms. The van der Waals surface area contributed by atoms with Crippen molar-refractivity contribution in [3.05, 3.63) is 82.2 Å². The fourth-order valence-corrected chi connectivity index (χ4v) is 71.8. The first kappa shape index (κ1) is 40.7. The van der Waals surface area contributed by atoms with Crippen molar-refractivity contribution in [1.82, 2.24) is 0 Å². The summed E-state index contributed by atoms with van der Waals surface area (Å²) in [5, 5.41) is 0. The predicted octanol–water partition coefficient (Wildman–Crippen LogP) is 4.66. The molecule has 4 atom stereocenters. The summed E-state index contributed by atoms with van der Waals surface area (Å²) in [6.07, 6.45) is 10.1. The van der Waals surface area contributed by atoms with E-state index < -0.39 is 53.2 Å². The van der Waals surface area contributed by atoms with Gasteiger partial charge in [-0.15, -0.1) is 0 Å². The molecule has 0 aromatic carbocycles. The van der Waals surface area contributed by atoms with Crippen LogP contribution in [0.4, 0.5) is 0 Å². The van der Waals surface area contributed by atoms with Gasteiger partial charge in [-0.2, -0.15) is 0 Å². The summed E-state index contributed by atoms with van der Waals surface area (Å²) in [6.45, 7) is 39.0. The maximum Gasteiger partial charge on any atom is -1.00 e. The molecule has 0 aromatic rings. The maximum atomic E-state index is 2.61. The van der Waals surface area contributed by atoms with Crippen molar-refractivity contribution in [2.75, 3.05) is 0 Å². The smallest absolute Gasteiger partial charge is 1.00 e. The Labute approximate surface area is 290 Å². The molecule has 4 rings (SSSR count). The third-order valence-electron chi connectivity index (χ3n) is 10.1. The fraction of sp³-hybridized carbons (Fsp3) is 0.556. The van der Waals surface area contributed by atoms with E-state index in [-0.39, 0.29) is 24.8 Å². The van der Waals surface area contributed by atoms with Gasteiger partial charge in [0.15, 0.2) is 0 Å². The zero-order valence-electron chi connectivity index (χ0n) is 29.5. The van der Waals surface area contributed by atoms with Crippen LogP contribution in [0.3, 0.4) is 0 Å². The summed E-state index contributed by atoms with van der Waals surface area (Å²) in [5.74, 6) is 1.75. The van der Waals surface area contributed by atoms with Crippen molar-refractivity contribution >= 4 is 12.0 Å². The summed E-state index contributed by atoms with van der Waals surface area (Å²) in [6, 6.07) is 0. The van der Waals surface area contributed by atoms with Crippen molar-refractivity contribution in [3.8, 4) is 0 Å². The van der Waals surface area contributed by atoms with Crippen LogP contribution in [0.5, 0.6) is 0 Å². The van der Waals surface area contributed by atoms with E-state index in [4.69, 9.17) is 0 Å². The molecule has 4 unspecified atom stereocenters. The molecule has 0 heterocycles. The van der Waals surface area contributed by atoms with Gasteiger partial charge in [0, 0.05) is 0 Å². The van der Waals surface area contributed by atoms with E-state index in [2.05, 4.69) is 134 Å². The molecule has 0 aliphatic heterocycles. The quantitative estimate of drug-likeness (QED) is 0.341. The topological polar surface area (TPSA) is 0 Å². The van der Waals surface area contributed by atoms with Gasteiger partial charge in [0.1, 0.15) is 0 Å². The zero-order valence-corrected chi connectivity index (χ0v) is 40.5. The predicted molar refractivity (Wildman–Crippen MR) is 180 cm³/mol. The number of hydrogen-bond acceptors (Lipinski definition) is 0.